The number of allylic oxidation sites excluding steroid dienone is 2. The molecule has 1 aromatic heterocycles. The van der Waals surface area contributed by atoms with Gasteiger partial charge in [-0.05, 0) is 0 Å². The van der Waals surface area contributed by atoms with Crippen LogP contribution in [0.3, 0.4) is 0 Å². The monoisotopic (exact) mass is 524 g/mol. The molecular weight excluding hydrogens is 502 g/mol. The third kappa shape index (κ3) is 3.48. The first-order valence-electron chi connectivity index (χ1n) is 8.66. The summed E-state index contributed by atoms with van der Waals surface area (Å²) in [4.78, 5) is 2.20. The zero-order chi connectivity index (χ0) is 17.2. The first-order chi connectivity index (χ1) is 12.3. The van der Waals surface area contributed by atoms with Gasteiger partial charge < -0.3 is 24.0 Å². The minimum atomic E-state index is 0. The SMILES string of the molecule is CCN1/C(=C/C=C/c2[se]c3ccccc3[n+]2CC)Oc2ccccc21.[I-]. The van der Waals surface area contributed by atoms with Crippen molar-refractivity contribution in [3.8, 4) is 5.75 Å². The number of ether oxygens (including phenoxy) is 1. The molecule has 0 N–H and O–H groups in total. The summed E-state index contributed by atoms with van der Waals surface area (Å²) in [7, 11) is 0. The molecule has 3 nitrogen and oxygen atoms in total. The molecule has 0 fully saturated rings. The van der Waals surface area contributed by atoms with Crippen molar-refractivity contribution < 1.29 is 33.3 Å². The smallest absolute Gasteiger partial charge is 1.00 e. The number of para-hydroxylation sites is 3. The average Bonchev–Trinajstić information content (AvgIpc) is 3.18. The minimum Gasteiger partial charge on any atom is -1.00 e. The van der Waals surface area contributed by atoms with Gasteiger partial charge in [-0.15, -0.1) is 0 Å². The Morgan fingerprint density at radius 3 is 2.65 bits per heavy atom. The molecule has 0 atom stereocenters. The molecule has 2 heterocycles. The van der Waals surface area contributed by atoms with E-state index < -0.39 is 0 Å². The Labute approximate surface area is 177 Å². The van der Waals surface area contributed by atoms with Gasteiger partial charge in [0.25, 0.3) is 0 Å². The standard InChI is InChI=1S/C21H21N2OSe.HI/c1-3-22-16-10-5-7-12-18(16)24-20(22)14-9-15-21-23(4-2)17-11-6-8-13-19(17)25-21;/h5-15H,3-4H2,1-2H3;1H/q+1;/p-1. The molecule has 0 spiro atoms. The fourth-order valence-corrected chi connectivity index (χ4v) is 5.61. The molecule has 26 heavy (non-hydrogen) atoms. The second-order valence-electron chi connectivity index (χ2n) is 5.83. The fraction of sp³-hybridized carbons (Fsp3) is 0.190. The average molecular weight is 523 g/mol. The van der Waals surface area contributed by atoms with Gasteiger partial charge in [0.05, 0.1) is 0 Å². The Morgan fingerprint density at radius 1 is 1.08 bits per heavy atom. The van der Waals surface area contributed by atoms with Crippen molar-refractivity contribution >= 4 is 36.0 Å². The molecule has 3 aromatic rings. The first kappa shape index (κ1) is 19.2. The summed E-state index contributed by atoms with van der Waals surface area (Å²) in [6.45, 7) is 6.25. The number of hydrogen-bond donors (Lipinski definition) is 0. The molecule has 2 aromatic carbocycles. The largest absolute Gasteiger partial charge is 1.00 e. The first-order valence-corrected chi connectivity index (χ1v) is 10.4. The van der Waals surface area contributed by atoms with Crippen LogP contribution in [0.1, 0.15) is 18.4 Å². The van der Waals surface area contributed by atoms with Crippen LogP contribution >= 0.6 is 0 Å². The molecule has 0 bridgehead atoms. The van der Waals surface area contributed by atoms with Gasteiger partial charge in [0.15, 0.2) is 0 Å². The topological polar surface area (TPSA) is 16.4 Å². The summed E-state index contributed by atoms with van der Waals surface area (Å²) in [5, 5.41) is 0. The molecule has 0 amide bonds. The Hall–Kier alpha value is -1.56. The van der Waals surface area contributed by atoms with Gasteiger partial charge in [0, 0.05) is 0 Å². The number of anilines is 1. The van der Waals surface area contributed by atoms with Crippen LogP contribution in [0.5, 0.6) is 5.75 Å². The van der Waals surface area contributed by atoms with Crippen molar-refractivity contribution in [3.05, 3.63) is 71.1 Å². The number of hydrogen-bond acceptors (Lipinski definition) is 2. The predicted octanol–water partition coefficient (Wildman–Crippen LogP) is 0.982. The number of aromatic nitrogens is 1. The van der Waals surface area contributed by atoms with Crippen LogP contribution in [0.15, 0.2) is 66.6 Å². The molecule has 0 saturated carbocycles. The van der Waals surface area contributed by atoms with Crippen LogP contribution in [0.2, 0.25) is 0 Å². The Morgan fingerprint density at radius 2 is 1.85 bits per heavy atom. The van der Waals surface area contributed by atoms with Gasteiger partial charge in [0.1, 0.15) is 0 Å². The van der Waals surface area contributed by atoms with Gasteiger partial charge in [-0.25, -0.2) is 0 Å². The number of nitrogens with zero attached hydrogens (tertiary/aromatic N) is 2. The van der Waals surface area contributed by atoms with Gasteiger partial charge >= 0.3 is 154 Å². The molecular formula is C21H21IN2OSe. The fourth-order valence-electron chi connectivity index (χ4n) is 3.22. The Balaban J connectivity index is 0.00000196. The van der Waals surface area contributed by atoms with E-state index in [1.807, 2.05) is 12.1 Å². The summed E-state index contributed by atoms with van der Waals surface area (Å²) in [5.41, 5.74) is 2.50. The van der Waals surface area contributed by atoms with Gasteiger partial charge in [-0.2, -0.15) is 0 Å². The quantitative estimate of drug-likeness (QED) is 0.288. The summed E-state index contributed by atoms with van der Waals surface area (Å²) < 4.78 is 11.3. The molecule has 0 saturated heterocycles. The van der Waals surface area contributed by atoms with E-state index in [1.54, 1.807) is 0 Å². The predicted molar refractivity (Wildman–Crippen MR) is 104 cm³/mol. The van der Waals surface area contributed by atoms with Crippen LogP contribution in [0.25, 0.3) is 15.9 Å². The molecule has 4 rings (SSSR count). The third-order valence-corrected chi connectivity index (χ3v) is 6.76. The van der Waals surface area contributed by atoms with Gasteiger partial charge in [-0.1, -0.05) is 0 Å². The van der Waals surface area contributed by atoms with Crippen molar-refractivity contribution in [2.75, 3.05) is 11.4 Å². The maximum atomic E-state index is 6.01. The number of benzene rings is 2. The second-order valence-corrected chi connectivity index (χ2v) is 8.06. The summed E-state index contributed by atoms with van der Waals surface area (Å²) >= 11 is 0.367. The summed E-state index contributed by atoms with van der Waals surface area (Å²) in [6.07, 6.45) is 6.43. The number of halogens is 1. The van der Waals surface area contributed by atoms with E-state index in [-0.39, 0.29) is 24.0 Å². The maximum absolute atomic E-state index is 6.01. The third-order valence-electron chi connectivity index (χ3n) is 4.38. The van der Waals surface area contributed by atoms with E-state index in [0.29, 0.717) is 14.5 Å². The van der Waals surface area contributed by atoms with E-state index in [9.17, 15) is 0 Å². The van der Waals surface area contributed by atoms with Crippen LogP contribution in [-0.4, -0.2) is 21.0 Å². The van der Waals surface area contributed by atoms with Crippen LogP contribution in [0, 0.1) is 0 Å². The maximum Gasteiger partial charge on any atom is -1.00 e. The van der Waals surface area contributed by atoms with Gasteiger partial charge in [0.2, 0.25) is 0 Å². The number of fused-ring (bicyclic) bond motifs is 2. The molecule has 0 unspecified atom stereocenters. The van der Waals surface area contributed by atoms with Crippen molar-refractivity contribution in [1.82, 2.24) is 0 Å². The molecule has 5 heteroatoms. The molecule has 0 aliphatic carbocycles. The zero-order valence-electron chi connectivity index (χ0n) is 14.9. The van der Waals surface area contributed by atoms with Crippen LogP contribution in [0.4, 0.5) is 5.69 Å². The molecule has 0 radical (unpaired) electrons. The number of rotatable bonds is 4. The van der Waals surface area contributed by atoms with E-state index in [0.717, 1.165) is 30.4 Å². The van der Waals surface area contributed by atoms with E-state index >= 15 is 0 Å². The van der Waals surface area contributed by atoms with E-state index in [2.05, 4.69) is 77.9 Å². The minimum absolute atomic E-state index is 0. The molecule has 1 aliphatic heterocycles. The Bertz CT molecular complexity index is 977. The number of aryl methyl sites for hydroxylation is 1. The van der Waals surface area contributed by atoms with Crippen molar-refractivity contribution in [3.63, 3.8) is 0 Å². The van der Waals surface area contributed by atoms with Gasteiger partial charge in [-0.3, -0.25) is 0 Å². The zero-order valence-corrected chi connectivity index (χ0v) is 18.7. The Kier molecular flexibility index (Phi) is 6.22. The normalized spacial score (nSPS) is 14.7. The van der Waals surface area contributed by atoms with E-state index in [4.69, 9.17) is 4.74 Å². The van der Waals surface area contributed by atoms with Crippen LogP contribution < -0.4 is 38.2 Å². The van der Waals surface area contributed by atoms with Crippen molar-refractivity contribution in [2.45, 2.75) is 20.4 Å². The van der Waals surface area contributed by atoms with Crippen LogP contribution in [-0.2, 0) is 6.54 Å². The molecule has 134 valence electrons. The summed E-state index contributed by atoms with van der Waals surface area (Å²) in [6, 6.07) is 16.9. The van der Waals surface area contributed by atoms with Crippen molar-refractivity contribution in [2.24, 2.45) is 0 Å². The molecule has 1 aliphatic rings. The second kappa shape index (κ2) is 8.42. The van der Waals surface area contributed by atoms with E-state index in [1.165, 1.54) is 14.3 Å². The van der Waals surface area contributed by atoms with Crippen molar-refractivity contribution in [1.29, 1.82) is 0 Å². The summed E-state index contributed by atoms with van der Waals surface area (Å²) in [5.74, 6) is 1.83.